The van der Waals surface area contributed by atoms with Gasteiger partial charge in [0.15, 0.2) is 5.16 Å². The number of hydrogen-bond donors (Lipinski definition) is 2. The van der Waals surface area contributed by atoms with Crippen LogP contribution in [0.2, 0.25) is 0 Å². The van der Waals surface area contributed by atoms with E-state index < -0.39 is 17.6 Å². The lowest BCUT2D eigenvalue weighted by atomic mass is 10.1. The number of nitrogens with zero attached hydrogens (tertiary/aromatic N) is 2. The van der Waals surface area contributed by atoms with Crippen LogP contribution in [0, 0.1) is 0 Å². The Morgan fingerprint density at radius 2 is 1.96 bits per heavy atom. The van der Waals surface area contributed by atoms with E-state index in [0.717, 1.165) is 23.9 Å². The van der Waals surface area contributed by atoms with Crippen molar-refractivity contribution < 1.29 is 18.0 Å². The van der Waals surface area contributed by atoms with Gasteiger partial charge in [0.25, 0.3) is 5.56 Å². The van der Waals surface area contributed by atoms with E-state index in [4.69, 9.17) is 0 Å². The first-order valence-electron chi connectivity index (χ1n) is 8.18. The zero-order valence-corrected chi connectivity index (χ0v) is 15.6. The molecule has 0 aliphatic heterocycles. The van der Waals surface area contributed by atoms with E-state index in [-0.39, 0.29) is 22.2 Å². The van der Waals surface area contributed by atoms with E-state index in [0.29, 0.717) is 18.8 Å². The van der Waals surface area contributed by atoms with Crippen molar-refractivity contribution in [3.05, 3.63) is 46.4 Å². The van der Waals surface area contributed by atoms with Crippen molar-refractivity contribution in [2.24, 2.45) is 0 Å². The van der Waals surface area contributed by atoms with Crippen LogP contribution in [-0.4, -0.2) is 34.7 Å². The number of H-pyrrole nitrogens is 1. The third-order valence-corrected chi connectivity index (χ3v) is 4.58. The fraction of sp³-hybridized carbons (Fsp3) is 0.353. The highest BCUT2D eigenvalue weighted by molar-refractivity contribution is 7.99. The molecule has 0 fully saturated rings. The van der Waals surface area contributed by atoms with Crippen molar-refractivity contribution in [1.29, 1.82) is 0 Å². The minimum Gasteiger partial charge on any atom is -0.370 e. The first-order valence-corrected chi connectivity index (χ1v) is 9.17. The summed E-state index contributed by atoms with van der Waals surface area (Å²) >= 11 is 0.983. The van der Waals surface area contributed by atoms with Gasteiger partial charge in [-0.05, 0) is 32.0 Å². The van der Waals surface area contributed by atoms with Crippen LogP contribution in [0.3, 0.4) is 0 Å². The molecule has 1 aromatic heterocycles. The first-order chi connectivity index (χ1) is 12.7. The molecule has 146 valence electrons. The molecule has 2 rings (SSSR count). The minimum absolute atomic E-state index is 0.0913. The molecule has 1 heterocycles. The number of amides is 1. The zero-order valence-electron chi connectivity index (χ0n) is 14.8. The highest BCUT2D eigenvalue weighted by Crippen LogP contribution is 2.35. The van der Waals surface area contributed by atoms with E-state index in [1.165, 1.54) is 18.3 Å². The molecule has 0 atom stereocenters. The Kier molecular flexibility index (Phi) is 6.89. The Bertz CT molecular complexity index is 851. The molecule has 0 aliphatic rings. The molecule has 0 bridgehead atoms. The minimum atomic E-state index is -4.51. The highest BCUT2D eigenvalue weighted by atomic mass is 32.2. The Morgan fingerprint density at radius 3 is 2.56 bits per heavy atom. The summed E-state index contributed by atoms with van der Waals surface area (Å²) in [5, 5.41) is 2.79. The molecule has 6 nitrogen and oxygen atoms in total. The Morgan fingerprint density at radius 1 is 1.26 bits per heavy atom. The maximum absolute atomic E-state index is 13.0. The van der Waals surface area contributed by atoms with Gasteiger partial charge < -0.3 is 15.2 Å². The van der Waals surface area contributed by atoms with Crippen LogP contribution >= 0.6 is 11.8 Å². The molecule has 0 spiro atoms. The molecule has 10 heteroatoms. The molecule has 2 N–H and O–H groups in total. The van der Waals surface area contributed by atoms with E-state index >= 15 is 0 Å². The van der Waals surface area contributed by atoms with Gasteiger partial charge in [-0.3, -0.25) is 9.59 Å². The number of aromatic nitrogens is 2. The average Bonchev–Trinajstić information content (AvgIpc) is 2.61. The molecular weight excluding hydrogens is 381 g/mol. The fourth-order valence-corrected chi connectivity index (χ4v) is 3.05. The number of nitrogens with one attached hydrogen (secondary N) is 2. The lowest BCUT2D eigenvalue weighted by Gasteiger charge is -2.25. The summed E-state index contributed by atoms with van der Waals surface area (Å²) < 4.78 is 39.1. The fourth-order valence-electron chi connectivity index (χ4n) is 2.40. The van der Waals surface area contributed by atoms with Crippen LogP contribution in [0.4, 0.5) is 24.5 Å². The highest BCUT2D eigenvalue weighted by Gasteiger charge is 2.31. The first kappa shape index (κ1) is 20.8. The van der Waals surface area contributed by atoms with Gasteiger partial charge in [0, 0.05) is 25.4 Å². The standard InChI is InChI=1S/C17H19F3N4O2S/c1-3-24(4-2)13-6-5-11(17(18,19)20)9-12(13)22-15(26)10-27-16-21-8-7-14(25)23-16/h5-9H,3-4,10H2,1-2H3,(H,22,26)(H,21,23,25). The third kappa shape index (κ3) is 5.75. The largest absolute Gasteiger partial charge is 0.416 e. The van der Waals surface area contributed by atoms with Gasteiger partial charge in [0.05, 0.1) is 22.7 Å². The van der Waals surface area contributed by atoms with Gasteiger partial charge in [-0.25, -0.2) is 4.98 Å². The number of alkyl halides is 3. The molecule has 0 aliphatic carbocycles. The Balaban J connectivity index is 2.20. The van der Waals surface area contributed by atoms with Gasteiger partial charge in [0.2, 0.25) is 5.91 Å². The lowest BCUT2D eigenvalue weighted by Crippen LogP contribution is -2.25. The summed E-state index contributed by atoms with van der Waals surface area (Å²) in [7, 11) is 0. The van der Waals surface area contributed by atoms with Gasteiger partial charge >= 0.3 is 6.18 Å². The predicted octanol–water partition coefficient (Wildman–Crippen LogP) is 3.37. The molecule has 0 unspecified atom stereocenters. The summed E-state index contributed by atoms with van der Waals surface area (Å²) in [5.41, 5.74) is -0.587. The maximum atomic E-state index is 13.0. The summed E-state index contributed by atoms with van der Waals surface area (Å²) in [6.45, 7) is 4.91. The van der Waals surface area contributed by atoms with Crippen molar-refractivity contribution >= 4 is 29.0 Å². The summed E-state index contributed by atoms with van der Waals surface area (Å²) in [4.78, 5) is 31.7. The van der Waals surface area contributed by atoms with Crippen molar-refractivity contribution in [1.82, 2.24) is 9.97 Å². The van der Waals surface area contributed by atoms with Crippen LogP contribution in [0.5, 0.6) is 0 Å². The Labute approximate surface area is 158 Å². The third-order valence-electron chi connectivity index (χ3n) is 3.69. The van der Waals surface area contributed by atoms with Crippen molar-refractivity contribution in [2.75, 3.05) is 29.1 Å². The molecule has 27 heavy (non-hydrogen) atoms. The molecule has 0 saturated heterocycles. The predicted molar refractivity (Wildman–Crippen MR) is 99.2 cm³/mol. The summed E-state index contributed by atoms with van der Waals surface area (Å²) in [5.74, 6) is -0.611. The molecule has 1 aromatic carbocycles. The SMILES string of the molecule is CCN(CC)c1ccc(C(F)(F)F)cc1NC(=O)CSc1nccc(=O)[nH]1. The van der Waals surface area contributed by atoms with Crippen LogP contribution in [0.15, 0.2) is 40.4 Å². The summed E-state index contributed by atoms with van der Waals surface area (Å²) in [6, 6.07) is 4.52. The maximum Gasteiger partial charge on any atom is 0.416 e. The quantitative estimate of drug-likeness (QED) is 0.550. The smallest absolute Gasteiger partial charge is 0.370 e. The van der Waals surface area contributed by atoms with E-state index in [2.05, 4.69) is 15.3 Å². The van der Waals surface area contributed by atoms with Crippen LogP contribution < -0.4 is 15.8 Å². The van der Waals surface area contributed by atoms with Gasteiger partial charge in [0.1, 0.15) is 0 Å². The van der Waals surface area contributed by atoms with E-state index in [9.17, 15) is 22.8 Å². The van der Waals surface area contributed by atoms with Crippen LogP contribution in [0.1, 0.15) is 19.4 Å². The van der Waals surface area contributed by atoms with Gasteiger partial charge in [-0.2, -0.15) is 13.2 Å². The number of carbonyl (C=O) groups is 1. The number of rotatable bonds is 7. The number of halogens is 3. The van der Waals surface area contributed by atoms with Crippen molar-refractivity contribution in [3.8, 4) is 0 Å². The van der Waals surface area contributed by atoms with Crippen molar-refractivity contribution in [2.45, 2.75) is 25.2 Å². The van der Waals surface area contributed by atoms with Gasteiger partial charge in [-0.1, -0.05) is 11.8 Å². The molecule has 0 saturated carbocycles. The van der Waals surface area contributed by atoms with Crippen LogP contribution in [-0.2, 0) is 11.0 Å². The molecule has 1 amide bonds. The number of aromatic amines is 1. The number of anilines is 2. The topological polar surface area (TPSA) is 78.1 Å². The number of carbonyl (C=O) groups excluding carboxylic acids is 1. The average molecular weight is 400 g/mol. The Hall–Kier alpha value is -2.49. The second-order valence-corrected chi connectivity index (χ2v) is 6.44. The van der Waals surface area contributed by atoms with E-state index in [1.807, 2.05) is 18.7 Å². The normalized spacial score (nSPS) is 11.3. The number of hydrogen-bond acceptors (Lipinski definition) is 5. The lowest BCUT2D eigenvalue weighted by molar-refractivity contribution is -0.137. The zero-order chi connectivity index (χ0) is 20.0. The monoisotopic (exact) mass is 400 g/mol. The van der Waals surface area contributed by atoms with E-state index in [1.54, 1.807) is 0 Å². The second-order valence-electron chi connectivity index (χ2n) is 5.48. The number of benzene rings is 1. The number of thioether (sulfide) groups is 1. The van der Waals surface area contributed by atoms with Crippen LogP contribution in [0.25, 0.3) is 0 Å². The van der Waals surface area contributed by atoms with Crippen molar-refractivity contribution in [3.63, 3.8) is 0 Å². The summed E-state index contributed by atoms with van der Waals surface area (Å²) in [6.07, 6.45) is -3.20. The molecule has 0 radical (unpaired) electrons. The second kappa shape index (κ2) is 8.94. The molecular formula is C17H19F3N4O2S. The van der Waals surface area contributed by atoms with Gasteiger partial charge in [-0.15, -0.1) is 0 Å². The molecule has 2 aromatic rings.